The highest BCUT2D eigenvalue weighted by Gasteiger charge is 2.39. The number of nitrogens with one attached hydrogen (secondary N) is 1. The summed E-state index contributed by atoms with van der Waals surface area (Å²) in [6, 6.07) is -0.939. The van der Waals surface area contributed by atoms with Crippen molar-refractivity contribution in [2.45, 2.75) is 103 Å². The summed E-state index contributed by atoms with van der Waals surface area (Å²) in [6.07, 6.45) is 13.1. The fourth-order valence-electron chi connectivity index (χ4n) is 3.54. The molecule has 2 unspecified atom stereocenters. The van der Waals surface area contributed by atoms with E-state index in [1.54, 1.807) is 0 Å². The highest BCUT2D eigenvalue weighted by atomic mass is 16.4. The van der Waals surface area contributed by atoms with Crippen molar-refractivity contribution in [3.8, 4) is 0 Å². The standard InChI is InChI=1S/C21H42N2O3/c1-6-8-9-10-11-12-13-14-15-17-19(24)22-18(16-7-2)20(21(25)26)23(3,4)5/h18,20H,6-17H2,1-5H3,(H-,22,24,25,26)/p+1. The maximum Gasteiger partial charge on any atom is 0.364 e. The first kappa shape index (κ1) is 24.9. The SMILES string of the molecule is CCCCCCCCCCCC(=O)NC(CCC)C(C(=O)O)[N+](C)(C)C. The third-order valence-corrected chi connectivity index (χ3v) is 4.92. The van der Waals surface area contributed by atoms with Gasteiger partial charge in [-0.2, -0.15) is 0 Å². The Morgan fingerprint density at radius 1 is 0.846 bits per heavy atom. The van der Waals surface area contributed by atoms with E-state index >= 15 is 0 Å². The van der Waals surface area contributed by atoms with Crippen molar-refractivity contribution in [3.63, 3.8) is 0 Å². The summed E-state index contributed by atoms with van der Waals surface area (Å²) >= 11 is 0. The molecule has 26 heavy (non-hydrogen) atoms. The van der Waals surface area contributed by atoms with Crippen LogP contribution < -0.4 is 5.32 Å². The Balaban J connectivity index is 4.18. The van der Waals surface area contributed by atoms with Crippen LogP contribution in [0.1, 0.15) is 90.9 Å². The Kier molecular flexibility index (Phi) is 13.4. The second kappa shape index (κ2) is 14.0. The summed E-state index contributed by atoms with van der Waals surface area (Å²) < 4.78 is 0.304. The number of quaternary nitrogens is 1. The predicted octanol–water partition coefficient (Wildman–Crippen LogP) is 4.35. The first-order valence-electron chi connectivity index (χ1n) is 10.6. The van der Waals surface area contributed by atoms with E-state index in [1.165, 1.54) is 44.9 Å². The van der Waals surface area contributed by atoms with Gasteiger partial charge in [0, 0.05) is 6.42 Å². The molecule has 0 radical (unpaired) electrons. The topological polar surface area (TPSA) is 66.4 Å². The number of amides is 1. The number of aliphatic carboxylic acids is 1. The molecule has 0 saturated carbocycles. The van der Waals surface area contributed by atoms with Crippen LogP contribution in [0.3, 0.4) is 0 Å². The van der Waals surface area contributed by atoms with Crippen LogP contribution in [0, 0.1) is 0 Å². The fraction of sp³-hybridized carbons (Fsp3) is 0.905. The van der Waals surface area contributed by atoms with Gasteiger partial charge in [-0.05, 0) is 12.8 Å². The molecular weight excluding hydrogens is 328 g/mol. The summed E-state index contributed by atoms with van der Waals surface area (Å²) in [5.41, 5.74) is 0. The van der Waals surface area contributed by atoms with Gasteiger partial charge >= 0.3 is 5.97 Å². The van der Waals surface area contributed by atoms with E-state index in [4.69, 9.17) is 0 Å². The molecule has 0 bridgehead atoms. The molecule has 154 valence electrons. The van der Waals surface area contributed by atoms with Gasteiger partial charge in [-0.1, -0.05) is 71.6 Å². The third kappa shape index (κ3) is 11.5. The van der Waals surface area contributed by atoms with Gasteiger partial charge in [0.2, 0.25) is 11.9 Å². The van der Waals surface area contributed by atoms with Gasteiger partial charge in [0.05, 0.1) is 27.2 Å². The number of likely N-dealkylation sites (N-methyl/N-ethyl adjacent to an activating group) is 1. The molecule has 0 aliphatic rings. The molecule has 0 fully saturated rings. The smallest absolute Gasteiger partial charge is 0.364 e. The van der Waals surface area contributed by atoms with Gasteiger partial charge in [0.15, 0.2) is 0 Å². The lowest BCUT2D eigenvalue weighted by Crippen LogP contribution is -2.60. The van der Waals surface area contributed by atoms with E-state index in [-0.39, 0.29) is 11.9 Å². The van der Waals surface area contributed by atoms with Gasteiger partial charge < -0.3 is 14.9 Å². The number of carboxylic acid groups (broad SMARTS) is 1. The number of carbonyl (C=O) groups excluding carboxylic acids is 1. The van der Waals surface area contributed by atoms with Crippen LogP contribution in [0.5, 0.6) is 0 Å². The highest BCUT2D eigenvalue weighted by molar-refractivity contribution is 5.78. The number of unbranched alkanes of at least 4 members (excludes halogenated alkanes) is 8. The molecule has 0 aliphatic carbocycles. The number of hydrogen-bond acceptors (Lipinski definition) is 2. The molecule has 0 saturated heterocycles. The molecule has 0 rings (SSSR count). The van der Waals surface area contributed by atoms with Crippen molar-refractivity contribution < 1.29 is 19.2 Å². The highest BCUT2D eigenvalue weighted by Crippen LogP contribution is 2.15. The zero-order chi connectivity index (χ0) is 20.0. The average molecular weight is 372 g/mol. The zero-order valence-electron chi connectivity index (χ0n) is 17.9. The van der Waals surface area contributed by atoms with Gasteiger partial charge in [-0.25, -0.2) is 4.79 Å². The monoisotopic (exact) mass is 371 g/mol. The van der Waals surface area contributed by atoms with Crippen molar-refractivity contribution >= 4 is 11.9 Å². The summed E-state index contributed by atoms with van der Waals surface area (Å²) in [5, 5.41) is 12.6. The Morgan fingerprint density at radius 2 is 1.35 bits per heavy atom. The zero-order valence-corrected chi connectivity index (χ0v) is 17.9. The minimum atomic E-state index is -0.848. The van der Waals surface area contributed by atoms with Crippen LogP contribution in [0.4, 0.5) is 0 Å². The normalized spacial score (nSPS) is 14.0. The summed E-state index contributed by atoms with van der Waals surface area (Å²) in [6.45, 7) is 4.25. The van der Waals surface area contributed by atoms with Crippen molar-refractivity contribution in [2.75, 3.05) is 21.1 Å². The van der Waals surface area contributed by atoms with Gasteiger partial charge in [-0.15, -0.1) is 0 Å². The average Bonchev–Trinajstić information content (AvgIpc) is 2.51. The molecule has 0 spiro atoms. The summed E-state index contributed by atoms with van der Waals surface area (Å²) in [5.74, 6) is -0.856. The molecule has 5 nitrogen and oxygen atoms in total. The lowest BCUT2D eigenvalue weighted by Gasteiger charge is -2.36. The van der Waals surface area contributed by atoms with E-state index in [0.29, 0.717) is 17.3 Å². The van der Waals surface area contributed by atoms with Crippen LogP contribution in [0.25, 0.3) is 0 Å². The van der Waals surface area contributed by atoms with Crippen LogP contribution in [-0.4, -0.2) is 54.7 Å². The first-order chi connectivity index (χ1) is 12.2. The van der Waals surface area contributed by atoms with Crippen molar-refractivity contribution in [3.05, 3.63) is 0 Å². The van der Waals surface area contributed by atoms with Crippen molar-refractivity contribution in [1.29, 1.82) is 0 Å². The Morgan fingerprint density at radius 3 is 1.77 bits per heavy atom. The summed E-state index contributed by atoms with van der Waals surface area (Å²) in [4.78, 5) is 24.0. The molecule has 0 heterocycles. The second-order valence-corrected chi connectivity index (χ2v) is 8.44. The second-order valence-electron chi connectivity index (χ2n) is 8.44. The molecule has 1 amide bonds. The number of rotatable bonds is 16. The lowest BCUT2D eigenvalue weighted by molar-refractivity contribution is -0.888. The Hall–Kier alpha value is -1.10. The minimum Gasteiger partial charge on any atom is -0.477 e. The van der Waals surface area contributed by atoms with Crippen molar-refractivity contribution in [2.24, 2.45) is 0 Å². The number of hydrogen-bond donors (Lipinski definition) is 2. The van der Waals surface area contributed by atoms with E-state index in [9.17, 15) is 14.7 Å². The van der Waals surface area contributed by atoms with Crippen LogP contribution >= 0.6 is 0 Å². The Bertz CT molecular complexity index is 391. The van der Waals surface area contributed by atoms with Gasteiger partial charge in [0.1, 0.15) is 0 Å². The van der Waals surface area contributed by atoms with E-state index < -0.39 is 12.0 Å². The molecular formula is C21H43N2O3+. The molecule has 2 N–H and O–H groups in total. The number of carboxylic acids is 1. The first-order valence-corrected chi connectivity index (χ1v) is 10.6. The van der Waals surface area contributed by atoms with E-state index in [2.05, 4.69) is 12.2 Å². The number of nitrogens with zero attached hydrogens (tertiary/aromatic N) is 1. The van der Waals surface area contributed by atoms with Gasteiger partial charge in [-0.3, -0.25) is 4.79 Å². The molecule has 0 aromatic carbocycles. The maximum atomic E-state index is 12.3. The fourth-order valence-corrected chi connectivity index (χ4v) is 3.54. The van der Waals surface area contributed by atoms with Crippen molar-refractivity contribution in [1.82, 2.24) is 5.32 Å². The quantitative estimate of drug-likeness (QED) is 0.313. The lowest BCUT2D eigenvalue weighted by atomic mass is 10.00. The van der Waals surface area contributed by atoms with Gasteiger partial charge in [0.25, 0.3) is 0 Å². The predicted molar refractivity (Wildman–Crippen MR) is 108 cm³/mol. The third-order valence-electron chi connectivity index (χ3n) is 4.92. The maximum absolute atomic E-state index is 12.3. The minimum absolute atomic E-state index is 0.00824. The van der Waals surface area contributed by atoms with Crippen LogP contribution in [0.15, 0.2) is 0 Å². The summed E-state index contributed by atoms with van der Waals surface area (Å²) in [7, 11) is 5.61. The molecule has 5 heteroatoms. The van der Waals surface area contributed by atoms with Crippen LogP contribution in [-0.2, 0) is 9.59 Å². The molecule has 0 aliphatic heterocycles. The van der Waals surface area contributed by atoms with E-state index in [0.717, 1.165) is 19.3 Å². The molecule has 0 aromatic heterocycles. The van der Waals surface area contributed by atoms with E-state index in [1.807, 2.05) is 28.1 Å². The largest absolute Gasteiger partial charge is 0.477 e. The number of carbonyl (C=O) groups is 2. The molecule has 0 aromatic rings. The van der Waals surface area contributed by atoms with Crippen LogP contribution in [0.2, 0.25) is 0 Å². The molecule has 2 atom stereocenters. The Labute approximate surface area is 161 Å².